The summed E-state index contributed by atoms with van der Waals surface area (Å²) in [5.74, 6) is 1.49. The Bertz CT molecular complexity index is 418. The maximum atomic E-state index is 9.71. The normalized spacial score (nSPS) is 52.9. The van der Waals surface area contributed by atoms with E-state index in [9.17, 15) is 5.11 Å². The summed E-state index contributed by atoms with van der Waals surface area (Å²) in [6, 6.07) is 0. The average molecular weight is 294 g/mol. The topological polar surface area (TPSA) is 29.5 Å². The minimum atomic E-state index is -0.321. The maximum Gasteiger partial charge on any atom is 0.0891 e. The van der Waals surface area contributed by atoms with Crippen molar-refractivity contribution in [3.63, 3.8) is 0 Å². The molecule has 2 nitrogen and oxygen atoms in total. The van der Waals surface area contributed by atoms with E-state index < -0.39 is 0 Å². The molecular formula is C19H34O2. The van der Waals surface area contributed by atoms with Gasteiger partial charge in [0.25, 0.3) is 0 Å². The third kappa shape index (κ3) is 2.28. The lowest BCUT2D eigenvalue weighted by Gasteiger charge is -2.65. The van der Waals surface area contributed by atoms with Crippen LogP contribution in [0.3, 0.4) is 0 Å². The molecule has 0 aromatic carbocycles. The number of aliphatic hydroxyl groups is 1. The van der Waals surface area contributed by atoms with Gasteiger partial charge in [-0.05, 0) is 75.0 Å². The summed E-state index contributed by atoms with van der Waals surface area (Å²) in [4.78, 5) is 0. The second-order valence-electron chi connectivity index (χ2n) is 9.55. The van der Waals surface area contributed by atoms with Crippen LogP contribution in [0, 0.1) is 22.7 Å². The third-order valence-corrected chi connectivity index (χ3v) is 7.51. The molecule has 3 rings (SSSR count). The van der Waals surface area contributed by atoms with Crippen LogP contribution >= 0.6 is 0 Å². The highest BCUT2D eigenvalue weighted by atomic mass is 16.5. The average Bonchev–Trinajstić information content (AvgIpc) is 2.36. The molecule has 1 aliphatic heterocycles. The molecule has 2 saturated carbocycles. The van der Waals surface area contributed by atoms with E-state index in [-0.39, 0.29) is 17.8 Å². The lowest BCUT2D eigenvalue weighted by atomic mass is 9.44. The molecule has 0 aromatic rings. The number of hydrogen-bond donors (Lipinski definition) is 1. The maximum absolute atomic E-state index is 9.71. The first-order chi connectivity index (χ1) is 9.65. The summed E-state index contributed by atoms with van der Waals surface area (Å²) >= 11 is 0. The SMILES string of the molecule is CC1(C)CCC[C@]2(C)[C@H]1CC[C@]1(C)O[C@](C)(CO)CC[C@@H]21. The molecule has 2 heteroatoms. The van der Waals surface area contributed by atoms with E-state index in [1.54, 1.807) is 0 Å². The molecule has 5 atom stereocenters. The van der Waals surface area contributed by atoms with Crippen molar-refractivity contribution in [3.8, 4) is 0 Å². The van der Waals surface area contributed by atoms with Gasteiger partial charge in [-0.2, -0.15) is 0 Å². The fourth-order valence-corrected chi connectivity index (χ4v) is 6.54. The quantitative estimate of drug-likeness (QED) is 0.769. The van der Waals surface area contributed by atoms with Gasteiger partial charge < -0.3 is 9.84 Å². The molecule has 21 heavy (non-hydrogen) atoms. The van der Waals surface area contributed by atoms with Gasteiger partial charge in [-0.1, -0.05) is 27.2 Å². The van der Waals surface area contributed by atoms with Gasteiger partial charge in [-0.15, -0.1) is 0 Å². The molecule has 0 aromatic heterocycles. The van der Waals surface area contributed by atoms with Crippen molar-refractivity contribution in [2.75, 3.05) is 6.61 Å². The van der Waals surface area contributed by atoms with Crippen molar-refractivity contribution in [3.05, 3.63) is 0 Å². The number of hydrogen-bond acceptors (Lipinski definition) is 2. The Morgan fingerprint density at radius 3 is 2.24 bits per heavy atom. The number of rotatable bonds is 1. The van der Waals surface area contributed by atoms with Crippen LogP contribution in [0.2, 0.25) is 0 Å². The first-order valence-corrected chi connectivity index (χ1v) is 8.96. The van der Waals surface area contributed by atoms with E-state index in [0.29, 0.717) is 16.7 Å². The summed E-state index contributed by atoms with van der Waals surface area (Å²) in [5, 5.41) is 9.71. The summed E-state index contributed by atoms with van der Waals surface area (Å²) in [5.41, 5.74) is 0.546. The van der Waals surface area contributed by atoms with Crippen LogP contribution in [-0.4, -0.2) is 22.9 Å². The number of aliphatic hydroxyl groups excluding tert-OH is 1. The van der Waals surface area contributed by atoms with Gasteiger partial charge in [-0.3, -0.25) is 0 Å². The summed E-state index contributed by atoms with van der Waals surface area (Å²) in [7, 11) is 0. The first kappa shape index (κ1) is 15.8. The van der Waals surface area contributed by atoms with Gasteiger partial charge in [0, 0.05) is 0 Å². The molecule has 0 unspecified atom stereocenters. The molecule has 1 saturated heterocycles. The molecule has 3 fully saturated rings. The van der Waals surface area contributed by atoms with E-state index in [0.717, 1.165) is 18.8 Å². The van der Waals surface area contributed by atoms with Crippen LogP contribution in [0.15, 0.2) is 0 Å². The van der Waals surface area contributed by atoms with Crippen LogP contribution in [0.5, 0.6) is 0 Å². The predicted octanol–water partition coefficient (Wildman–Crippen LogP) is 4.55. The Balaban J connectivity index is 1.93. The summed E-state index contributed by atoms with van der Waals surface area (Å²) in [6.45, 7) is 12.1. The highest BCUT2D eigenvalue weighted by molar-refractivity contribution is 5.10. The monoisotopic (exact) mass is 294 g/mol. The Kier molecular flexibility index (Phi) is 3.54. The van der Waals surface area contributed by atoms with E-state index in [1.165, 1.54) is 32.1 Å². The van der Waals surface area contributed by atoms with Crippen molar-refractivity contribution >= 4 is 0 Å². The zero-order valence-electron chi connectivity index (χ0n) is 14.7. The largest absolute Gasteiger partial charge is 0.393 e. The van der Waals surface area contributed by atoms with Crippen LogP contribution in [0.4, 0.5) is 0 Å². The van der Waals surface area contributed by atoms with Gasteiger partial charge in [0.2, 0.25) is 0 Å². The van der Waals surface area contributed by atoms with Crippen molar-refractivity contribution < 1.29 is 9.84 Å². The molecule has 3 aliphatic rings. The Hall–Kier alpha value is -0.0800. The Labute approximate surface area is 130 Å². The highest BCUT2D eigenvalue weighted by Crippen LogP contribution is 2.65. The van der Waals surface area contributed by atoms with E-state index in [2.05, 4.69) is 34.6 Å². The van der Waals surface area contributed by atoms with Gasteiger partial charge in [0.05, 0.1) is 17.8 Å². The van der Waals surface area contributed by atoms with E-state index in [4.69, 9.17) is 4.74 Å². The van der Waals surface area contributed by atoms with Crippen molar-refractivity contribution in [2.24, 2.45) is 22.7 Å². The number of ether oxygens (including phenoxy) is 1. The molecule has 2 aliphatic carbocycles. The molecule has 0 radical (unpaired) electrons. The lowest BCUT2D eigenvalue weighted by Crippen LogP contribution is -2.63. The summed E-state index contributed by atoms with van der Waals surface area (Å²) < 4.78 is 6.55. The molecule has 122 valence electrons. The molecule has 1 N–H and O–H groups in total. The summed E-state index contributed by atoms with van der Waals surface area (Å²) in [6.07, 6.45) is 8.79. The third-order valence-electron chi connectivity index (χ3n) is 7.51. The molecule has 1 heterocycles. The van der Waals surface area contributed by atoms with Gasteiger partial charge >= 0.3 is 0 Å². The molecule has 0 spiro atoms. The van der Waals surface area contributed by atoms with Crippen LogP contribution < -0.4 is 0 Å². The molecule has 0 bridgehead atoms. The lowest BCUT2D eigenvalue weighted by molar-refractivity contribution is -0.272. The van der Waals surface area contributed by atoms with E-state index >= 15 is 0 Å². The first-order valence-electron chi connectivity index (χ1n) is 8.96. The Morgan fingerprint density at radius 2 is 1.57 bits per heavy atom. The minimum Gasteiger partial charge on any atom is -0.393 e. The number of fused-ring (bicyclic) bond motifs is 3. The minimum absolute atomic E-state index is 0.0333. The van der Waals surface area contributed by atoms with Crippen molar-refractivity contribution in [2.45, 2.75) is 90.8 Å². The smallest absolute Gasteiger partial charge is 0.0891 e. The van der Waals surface area contributed by atoms with E-state index in [1.807, 2.05) is 0 Å². The second-order valence-corrected chi connectivity index (χ2v) is 9.55. The van der Waals surface area contributed by atoms with Crippen molar-refractivity contribution in [1.29, 1.82) is 0 Å². The Morgan fingerprint density at radius 1 is 0.905 bits per heavy atom. The van der Waals surface area contributed by atoms with Crippen LogP contribution in [-0.2, 0) is 4.74 Å². The zero-order valence-corrected chi connectivity index (χ0v) is 14.7. The second kappa shape index (κ2) is 4.71. The van der Waals surface area contributed by atoms with Crippen LogP contribution in [0.25, 0.3) is 0 Å². The standard InChI is InChI=1S/C19H34O2/c1-16(2)9-6-10-18(4)14(16)8-12-19(5)15(18)7-11-17(3,13-20)21-19/h14-15,20H,6-13H2,1-5H3/t14-,15-,17-,18+,19-/m0/s1. The zero-order chi connectivity index (χ0) is 15.5. The van der Waals surface area contributed by atoms with Gasteiger partial charge in [0.1, 0.15) is 0 Å². The fourth-order valence-electron chi connectivity index (χ4n) is 6.54. The highest BCUT2D eigenvalue weighted by Gasteiger charge is 2.61. The molecular weight excluding hydrogens is 260 g/mol. The fraction of sp³-hybridized carbons (Fsp3) is 1.00. The molecule has 0 amide bonds. The van der Waals surface area contributed by atoms with Crippen molar-refractivity contribution in [1.82, 2.24) is 0 Å². The van der Waals surface area contributed by atoms with Gasteiger partial charge in [-0.25, -0.2) is 0 Å². The predicted molar refractivity (Wildman–Crippen MR) is 86.2 cm³/mol. The van der Waals surface area contributed by atoms with Crippen LogP contribution in [0.1, 0.15) is 79.6 Å². The van der Waals surface area contributed by atoms with Gasteiger partial charge in [0.15, 0.2) is 0 Å².